The van der Waals surface area contributed by atoms with Crippen LogP contribution in [0.4, 0.5) is 5.82 Å². The third-order valence-corrected chi connectivity index (χ3v) is 4.42. The van der Waals surface area contributed by atoms with E-state index in [9.17, 15) is 0 Å². The first-order valence-electron chi connectivity index (χ1n) is 7.31. The largest absolute Gasteiger partial charge is 0.486 e. The molecular formula is C15H14N6O2S. The fourth-order valence-electron chi connectivity index (χ4n) is 2.33. The highest BCUT2D eigenvalue weighted by molar-refractivity contribution is 7.98. The quantitative estimate of drug-likeness (QED) is 0.715. The molecule has 0 atom stereocenters. The summed E-state index contributed by atoms with van der Waals surface area (Å²) in [5.41, 5.74) is 7.58. The maximum absolute atomic E-state index is 5.70. The van der Waals surface area contributed by atoms with Crippen molar-refractivity contribution in [2.45, 2.75) is 10.9 Å². The number of hydrogen-bond acceptors (Lipinski definition) is 8. The van der Waals surface area contributed by atoms with E-state index in [-0.39, 0.29) is 0 Å². The van der Waals surface area contributed by atoms with Crippen molar-refractivity contribution in [3.8, 4) is 17.2 Å². The summed E-state index contributed by atoms with van der Waals surface area (Å²) >= 11 is 1.52. The number of anilines is 1. The van der Waals surface area contributed by atoms with Crippen molar-refractivity contribution >= 4 is 17.6 Å². The minimum absolute atomic E-state index is 0.500. The Kier molecular flexibility index (Phi) is 3.91. The smallest absolute Gasteiger partial charge is 0.214 e. The van der Waals surface area contributed by atoms with Crippen LogP contribution >= 0.6 is 11.8 Å². The van der Waals surface area contributed by atoms with Gasteiger partial charge in [0.2, 0.25) is 5.16 Å². The van der Waals surface area contributed by atoms with E-state index in [4.69, 9.17) is 15.2 Å². The lowest BCUT2D eigenvalue weighted by atomic mass is 10.2. The van der Waals surface area contributed by atoms with E-state index in [0.29, 0.717) is 35.7 Å². The maximum Gasteiger partial charge on any atom is 0.214 e. The van der Waals surface area contributed by atoms with Crippen molar-refractivity contribution in [1.82, 2.24) is 25.2 Å². The lowest BCUT2D eigenvalue weighted by Crippen LogP contribution is -2.15. The zero-order valence-corrected chi connectivity index (χ0v) is 13.4. The molecule has 4 rings (SSSR count). The first kappa shape index (κ1) is 14.8. The Morgan fingerprint density at radius 1 is 1.12 bits per heavy atom. The number of fused-ring (bicyclic) bond motifs is 1. The Morgan fingerprint density at radius 3 is 2.88 bits per heavy atom. The van der Waals surface area contributed by atoms with Crippen molar-refractivity contribution < 1.29 is 9.47 Å². The van der Waals surface area contributed by atoms with Crippen LogP contribution in [-0.2, 0) is 5.75 Å². The minimum Gasteiger partial charge on any atom is -0.486 e. The van der Waals surface area contributed by atoms with E-state index in [1.54, 1.807) is 10.9 Å². The van der Waals surface area contributed by atoms with Gasteiger partial charge in [-0.15, -0.1) is 5.10 Å². The highest BCUT2D eigenvalue weighted by Gasteiger charge is 2.15. The average molecular weight is 342 g/mol. The van der Waals surface area contributed by atoms with Gasteiger partial charge in [-0.25, -0.2) is 4.98 Å². The molecule has 0 fully saturated rings. The number of pyridine rings is 1. The van der Waals surface area contributed by atoms with Crippen LogP contribution in [0.2, 0.25) is 0 Å². The topological polar surface area (TPSA) is 101 Å². The Labute approximate surface area is 142 Å². The zero-order chi connectivity index (χ0) is 16.4. The normalized spacial score (nSPS) is 13.0. The molecule has 9 heteroatoms. The molecule has 8 nitrogen and oxygen atoms in total. The second-order valence-corrected chi connectivity index (χ2v) is 6.02. The summed E-state index contributed by atoms with van der Waals surface area (Å²) < 4.78 is 12.8. The van der Waals surface area contributed by atoms with Crippen LogP contribution < -0.4 is 15.2 Å². The molecule has 24 heavy (non-hydrogen) atoms. The molecule has 122 valence electrons. The molecule has 0 spiro atoms. The first-order valence-corrected chi connectivity index (χ1v) is 8.30. The summed E-state index contributed by atoms with van der Waals surface area (Å²) in [6.07, 6.45) is 1.69. The van der Waals surface area contributed by atoms with Gasteiger partial charge in [0.25, 0.3) is 0 Å². The molecule has 0 aliphatic carbocycles. The van der Waals surface area contributed by atoms with Gasteiger partial charge in [0.1, 0.15) is 19.0 Å². The maximum atomic E-state index is 5.70. The molecule has 1 aliphatic rings. The number of rotatable bonds is 4. The molecule has 0 saturated carbocycles. The Morgan fingerprint density at radius 2 is 2.00 bits per heavy atom. The number of nitrogens with two attached hydrogens (primary N) is 1. The van der Waals surface area contributed by atoms with Gasteiger partial charge in [0.05, 0.1) is 5.69 Å². The van der Waals surface area contributed by atoms with Crippen molar-refractivity contribution in [2.75, 3.05) is 18.9 Å². The molecule has 2 aromatic heterocycles. The number of thioether (sulfide) groups is 1. The van der Waals surface area contributed by atoms with E-state index in [1.165, 1.54) is 11.8 Å². The zero-order valence-electron chi connectivity index (χ0n) is 12.6. The van der Waals surface area contributed by atoms with Crippen LogP contribution in [0.25, 0.3) is 5.69 Å². The van der Waals surface area contributed by atoms with Crippen LogP contribution in [0.3, 0.4) is 0 Å². The second kappa shape index (κ2) is 6.36. The Balaban J connectivity index is 1.56. The molecule has 0 radical (unpaired) electrons. The molecule has 2 N–H and O–H groups in total. The standard InChI is InChI=1S/C15H14N6O2S/c16-14-7-10(3-4-17-14)9-24-15-18-19-20-21(15)11-1-2-12-13(8-11)23-6-5-22-12/h1-4,7-8H,5-6,9H2,(H2,16,17). The van der Waals surface area contributed by atoms with Gasteiger partial charge in [-0.05, 0) is 40.3 Å². The summed E-state index contributed by atoms with van der Waals surface area (Å²) in [6.45, 7) is 1.10. The third kappa shape index (κ3) is 2.98. The van der Waals surface area contributed by atoms with Gasteiger partial charge in [0.15, 0.2) is 11.5 Å². The van der Waals surface area contributed by atoms with E-state index in [0.717, 1.165) is 17.0 Å². The molecule has 1 aliphatic heterocycles. The molecule has 0 bridgehead atoms. The van der Waals surface area contributed by atoms with Gasteiger partial charge in [0, 0.05) is 18.0 Å². The average Bonchev–Trinajstić information content (AvgIpc) is 3.08. The van der Waals surface area contributed by atoms with Crippen LogP contribution in [0.5, 0.6) is 11.5 Å². The number of nitrogen functional groups attached to an aromatic ring is 1. The predicted octanol–water partition coefficient (Wildman–Crippen LogP) is 1.70. The van der Waals surface area contributed by atoms with Crippen LogP contribution in [-0.4, -0.2) is 38.4 Å². The van der Waals surface area contributed by atoms with E-state index in [2.05, 4.69) is 20.5 Å². The van der Waals surface area contributed by atoms with Crippen molar-refractivity contribution in [3.63, 3.8) is 0 Å². The Bertz CT molecular complexity index is 869. The van der Waals surface area contributed by atoms with Gasteiger partial charge < -0.3 is 15.2 Å². The number of benzene rings is 1. The van der Waals surface area contributed by atoms with Crippen LogP contribution in [0.15, 0.2) is 41.7 Å². The monoisotopic (exact) mass is 342 g/mol. The number of nitrogens with zero attached hydrogens (tertiary/aromatic N) is 5. The molecule has 0 unspecified atom stereocenters. The van der Waals surface area contributed by atoms with Gasteiger partial charge in [-0.2, -0.15) is 4.68 Å². The summed E-state index contributed by atoms with van der Waals surface area (Å²) in [6, 6.07) is 9.40. The van der Waals surface area contributed by atoms with E-state index in [1.807, 2.05) is 30.3 Å². The molecule has 1 aromatic carbocycles. The van der Waals surface area contributed by atoms with Crippen molar-refractivity contribution in [2.24, 2.45) is 0 Å². The van der Waals surface area contributed by atoms with Crippen molar-refractivity contribution in [3.05, 3.63) is 42.1 Å². The predicted molar refractivity (Wildman–Crippen MR) is 88.4 cm³/mol. The summed E-state index contributed by atoms with van der Waals surface area (Å²) in [5, 5.41) is 12.6. The lowest BCUT2D eigenvalue weighted by Gasteiger charge is -2.18. The molecule has 3 heterocycles. The minimum atomic E-state index is 0.500. The van der Waals surface area contributed by atoms with Gasteiger partial charge >= 0.3 is 0 Å². The van der Waals surface area contributed by atoms with E-state index >= 15 is 0 Å². The number of ether oxygens (including phenoxy) is 2. The second-order valence-electron chi connectivity index (χ2n) is 5.08. The fourth-order valence-corrected chi connectivity index (χ4v) is 3.16. The van der Waals surface area contributed by atoms with Crippen molar-refractivity contribution in [1.29, 1.82) is 0 Å². The molecular weight excluding hydrogens is 328 g/mol. The third-order valence-electron chi connectivity index (χ3n) is 3.42. The highest BCUT2D eigenvalue weighted by Crippen LogP contribution is 2.33. The number of hydrogen-bond donors (Lipinski definition) is 1. The highest BCUT2D eigenvalue weighted by atomic mass is 32.2. The SMILES string of the molecule is Nc1cc(CSc2nnnn2-c2ccc3c(c2)OCCO3)ccn1. The fraction of sp³-hybridized carbons (Fsp3) is 0.200. The Hall–Kier alpha value is -2.81. The van der Waals surface area contributed by atoms with Gasteiger partial charge in [-0.1, -0.05) is 11.8 Å². The van der Waals surface area contributed by atoms with Crippen LogP contribution in [0, 0.1) is 0 Å². The first-order chi connectivity index (χ1) is 11.8. The summed E-state index contributed by atoms with van der Waals surface area (Å²) in [4.78, 5) is 3.99. The van der Waals surface area contributed by atoms with Crippen LogP contribution in [0.1, 0.15) is 5.56 Å². The lowest BCUT2D eigenvalue weighted by molar-refractivity contribution is 0.171. The summed E-state index contributed by atoms with van der Waals surface area (Å²) in [7, 11) is 0. The molecule has 0 saturated heterocycles. The molecule has 3 aromatic rings. The summed E-state index contributed by atoms with van der Waals surface area (Å²) in [5.74, 6) is 2.63. The molecule has 0 amide bonds. The van der Waals surface area contributed by atoms with Gasteiger partial charge in [-0.3, -0.25) is 0 Å². The van der Waals surface area contributed by atoms with E-state index < -0.39 is 0 Å². The number of tetrazole rings is 1. The number of aromatic nitrogens is 5.